The van der Waals surface area contributed by atoms with Crippen molar-refractivity contribution in [1.29, 1.82) is 0 Å². The summed E-state index contributed by atoms with van der Waals surface area (Å²) >= 11 is 0. The predicted octanol–water partition coefficient (Wildman–Crippen LogP) is 1.55. The maximum atomic E-state index is 13.7. The first-order valence-corrected chi connectivity index (χ1v) is 6.51. The summed E-state index contributed by atoms with van der Waals surface area (Å²) in [4.78, 5) is 23.4. The van der Waals surface area contributed by atoms with E-state index in [1.165, 1.54) is 19.2 Å². The lowest BCUT2D eigenvalue weighted by atomic mass is 9.98. The highest BCUT2D eigenvalue weighted by Crippen LogP contribution is 2.19. The Kier molecular flexibility index (Phi) is 4.68. The van der Waals surface area contributed by atoms with Crippen LogP contribution in [0.25, 0.3) is 0 Å². The van der Waals surface area contributed by atoms with Crippen LogP contribution in [0.1, 0.15) is 23.2 Å². The molecule has 1 amide bonds. The zero-order chi connectivity index (χ0) is 14.5. The van der Waals surface area contributed by atoms with Crippen molar-refractivity contribution < 1.29 is 18.7 Å². The Labute approximate surface area is 116 Å². The largest absolute Gasteiger partial charge is 0.465 e. The van der Waals surface area contributed by atoms with Gasteiger partial charge >= 0.3 is 5.97 Å². The number of hydrogen-bond acceptors (Lipinski definition) is 4. The topological polar surface area (TPSA) is 67.4 Å². The number of methoxy groups -OCH3 is 1. The lowest BCUT2D eigenvalue weighted by Gasteiger charge is -2.22. The Bertz CT molecular complexity index is 513. The molecule has 20 heavy (non-hydrogen) atoms. The minimum absolute atomic E-state index is 0.00322. The molecule has 1 aliphatic rings. The second kappa shape index (κ2) is 6.47. The number of nitrogens with one attached hydrogen (secondary N) is 2. The Hall–Kier alpha value is -1.95. The van der Waals surface area contributed by atoms with E-state index in [4.69, 9.17) is 0 Å². The van der Waals surface area contributed by atoms with Gasteiger partial charge in [0.15, 0.2) is 0 Å². The number of halogens is 1. The fourth-order valence-corrected chi connectivity index (χ4v) is 2.18. The van der Waals surface area contributed by atoms with Crippen molar-refractivity contribution in [3.05, 3.63) is 29.6 Å². The minimum Gasteiger partial charge on any atom is -0.465 e. The van der Waals surface area contributed by atoms with E-state index in [1.807, 2.05) is 0 Å². The maximum Gasteiger partial charge on any atom is 0.337 e. The molecule has 0 saturated carbocycles. The summed E-state index contributed by atoms with van der Waals surface area (Å²) in [6.07, 6.45) is 1.69. The van der Waals surface area contributed by atoms with Gasteiger partial charge in [0.25, 0.3) is 0 Å². The molecule has 0 bridgehead atoms. The summed E-state index contributed by atoms with van der Waals surface area (Å²) in [5, 5.41) is 5.66. The standard InChI is InChI=1S/C14H17FN2O3/c1-20-14(19)9-4-5-11(15)12(7-9)17-13(18)10-3-2-6-16-8-10/h4-5,7,10,16H,2-3,6,8H2,1H3,(H,17,18)/t10-/m0/s1. The van der Waals surface area contributed by atoms with Gasteiger partial charge < -0.3 is 15.4 Å². The maximum absolute atomic E-state index is 13.7. The number of ether oxygens (including phenoxy) is 1. The second-order valence-electron chi connectivity index (χ2n) is 4.72. The summed E-state index contributed by atoms with van der Waals surface area (Å²) in [5.74, 6) is -1.56. The molecule has 5 nitrogen and oxygen atoms in total. The molecule has 2 rings (SSSR count). The zero-order valence-corrected chi connectivity index (χ0v) is 11.2. The van der Waals surface area contributed by atoms with Crippen LogP contribution < -0.4 is 10.6 Å². The van der Waals surface area contributed by atoms with Crippen LogP contribution in [0.4, 0.5) is 10.1 Å². The quantitative estimate of drug-likeness (QED) is 0.824. The van der Waals surface area contributed by atoms with Crippen LogP contribution >= 0.6 is 0 Å². The number of anilines is 1. The van der Waals surface area contributed by atoms with E-state index < -0.39 is 11.8 Å². The molecule has 108 valence electrons. The van der Waals surface area contributed by atoms with Crippen LogP contribution in [0.3, 0.4) is 0 Å². The van der Waals surface area contributed by atoms with Gasteiger partial charge in [-0.25, -0.2) is 9.18 Å². The highest BCUT2D eigenvalue weighted by Gasteiger charge is 2.22. The molecule has 2 N–H and O–H groups in total. The molecule has 0 spiro atoms. The van der Waals surface area contributed by atoms with Crippen LogP contribution in [-0.4, -0.2) is 32.1 Å². The van der Waals surface area contributed by atoms with Gasteiger partial charge in [0.2, 0.25) is 5.91 Å². The number of benzene rings is 1. The van der Waals surface area contributed by atoms with Gasteiger partial charge in [-0.3, -0.25) is 4.79 Å². The van der Waals surface area contributed by atoms with Gasteiger partial charge in [-0.05, 0) is 37.6 Å². The van der Waals surface area contributed by atoms with E-state index in [0.717, 1.165) is 25.5 Å². The Morgan fingerprint density at radius 1 is 1.45 bits per heavy atom. The first-order chi connectivity index (χ1) is 9.61. The molecule has 0 unspecified atom stereocenters. The van der Waals surface area contributed by atoms with Crippen molar-refractivity contribution in [3.8, 4) is 0 Å². The first-order valence-electron chi connectivity index (χ1n) is 6.51. The van der Waals surface area contributed by atoms with Gasteiger partial charge in [0.1, 0.15) is 5.82 Å². The minimum atomic E-state index is -0.574. The third-order valence-electron chi connectivity index (χ3n) is 3.31. The van der Waals surface area contributed by atoms with Crippen molar-refractivity contribution in [2.24, 2.45) is 5.92 Å². The third kappa shape index (κ3) is 3.33. The number of esters is 1. The molecule has 1 aromatic rings. The summed E-state index contributed by atoms with van der Waals surface area (Å²) < 4.78 is 18.3. The van der Waals surface area contributed by atoms with Crippen molar-refractivity contribution in [2.45, 2.75) is 12.8 Å². The molecule has 0 aliphatic carbocycles. The van der Waals surface area contributed by atoms with Gasteiger partial charge in [-0.1, -0.05) is 0 Å². The SMILES string of the molecule is COC(=O)c1ccc(F)c(NC(=O)[C@H]2CCCNC2)c1. The summed E-state index contributed by atoms with van der Waals surface area (Å²) in [5.41, 5.74) is 0.203. The monoisotopic (exact) mass is 280 g/mol. The smallest absolute Gasteiger partial charge is 0.337 e. The van der Waals surface area contributed by atoms with Crippen LogP contribution in [-0.2, 0) is 9.53 Å². The zero-order valence-electron chi connectivity index (χ0n) is 11.2. The number of carbonyl (C=O) groups is 2. The lowest BCUT2D eigenvalue weighted by Crippen LogP contribution is -2.37. The van der Waals surface area contributed by atoms with Crippen molar-refractivity contribution >= 4 is 17.6 Å². The number of rotatable bonds is 3. The summed E-state index contributed by atoms with van der Waals surface area (Å²) in [7, 11) is 1.25. The molecule has 6 heteroatoms. The van der Waals surface area contributed by atoms with Crippen molar-refractivity contribution in [3.63, 3.8) is 0 Å². The first kappa shape index (κ1) is 14.5. The summed E-state index contributed by atoms with van der Waals surface area (Å²) in [6, 6.07) is 3.75. The fraction of sp³-hybridized carbons (Fsp3) is 0.429. The number of hydrogen-bond donors (Lipinski definition) is 2. The number of amides is 1. The van der Waals surface area contributed by atoms with Crippen LogP contribution in [0.5, 0.6) is 0 Å². The Balaban J connectivity index is 2.11. The molecule has 1 aromatic carbocycles. The van der Waals surface area contributed by atoms with E-state index in [9.17, 15) is 14.0 Å². The van der Waals surface area contributed by atoms with Crippen molar-refractivity contribution in [1.82, 2.24) is 5.32 Å². The van der Waals surface area contributed by atoms with Crippen LogP contribution in [0.2, 0.25) is 0 Å². The molecule has 1 heterocycles. The van der Waals surface area contributed by atoms with E-state index in [-0.39, 0.29) is 23.1 Å². The normalized spacial score (nSPS) is 18.4. The van der Waals surface area contributed by atoms with Crippen LogP contribution in [0, 0.1) is 11.7 Å². The van der Waals surface area contributed by atoms with E-state index in [2.05, 4.69) is 15.4 Å². The second-order valence-corrected chi connectivity index (χ2v) is 4.72. The van der Waals surface area contributed by atoms with E-state index in [1.54, 1.807) is 0 Å². The summed E-state index contributed by atoms with van der Waals surface area (Å²) in [6.45, 7) is 1.49. The molecule has 1 saturated heterocycles. The lowest BCUT2D eigenvalue weighted by molar-refractivity contribution is -0.120. The highest BCUT2D eigenvalue weighted by molar-refractivity contribution is 5.95. The Morgan fingerprint density at radius 3 is 2.90 bits per heavy atom. The highest BCUT2D eigenvalue weighted by atomic mass is 19.1. The average molecular weight is 280 g/mol. The molecule has 1 fully saturated rings. The third-order valence-corrected chi connectivity index (χ3v) is 3.31. The predicted molar refractivity (Wildman–Crippen MR) is 72.0 cm³/mol. The molecule has 1 atom stereocenters. The van der Waals surface area contributed by atoms with E-state index >= 15 is 0 Å². The molecule has 0 aromatic heterocycles. The molecule has 0 radical (unpaired) electrons. The molecular weight excluding hydrogens is 263 g/mol. The molecular formula is C14H17FN2O3. The fourth-order valence-electron chi connectivity index (χ4n) is 2.18. The van der Waals surface area contributed by atoms with Gasteiger partial charge in [0.05, 0.1) is 24.3 Å². The van der Waals surface area contributed by atoms with E-state index in [0.29, 0.717) is 6.54 Å². The van der Waals surface area contributed by atoms with Crippen molar-refractivity contribution in [2.75, 3.05) is 25.5 Å². The van der Waals surface area contributed by atoms with Gasteiger partial charge in [0, 0.05) is 6.54 Å². The van der Waals surface area contributed by atoms with Gasteiger partial charge in [-0.15, -0.1) is 0 Å². The number of piperidine rings is 1. The Morgan fingerprint density at radius 2 is 2.25 bits per heavy atom. The average Bonchev–Trinajstić information content (AvgIpc) is 2.49. The number of carbonyl (C=O) groups excluding carboxylic acids is 2. The molecule has 1 aliphatic heterocycles. The van der Waals surface area contributed by atoms with Gasteiger partial charge in [-0.2, -0.15) is 0 Å². The van der Waals surface area contributed by atoms with Crippen LogP contribution in [0.15, 0.2) is 18.2 Å².